The van der Waals surface area contributed by atoms with Gasteiger partial charge in [-0.15, -0.1) is 0 Å². The number of ether oxygens (including phenoxy) is 1. The minimum absolute atomic E-state index is 0.142. The van der Waals surface area contributed by atoms with Gasteiger partial charge >= 0.3 is 5.97 Å². The van der Waals surface area contributed by atoms with Crippen molar-refractivity contribution < 1.29 is 14.3 Å². The zero-order chi connectivity index (χ0) is 14.7. The first kappa shape index (κ1) is 14.4. The number of halogens is 1. The van der Waals surface area contributed by atoms with Crippen molar-refractivity contribution in [1.82, 2.24) is 0 Å². The van der Waals surface area contributed by atoms with Crippen molar-refractivity contribution in [3.63, 3.8) is 0 Å². The zero-order valence-corrected chi connectivity index (χ0v) is 12.0. The third-order valence-corrected chi connectivity index (χ3v) is 3.96. The largest absolute Gasteiger partial charge is 0.465 e. The maximum absolute atomic E-state index is 12.0. The van der Waals surface area contributed by atoms with Gasteiger partial charge < -0.3 is 4.74 Å². The minimum Gasteiger partial charge on any atom is -0.465 e. The molecule has 1 aromatic rings. The SMILES string of the molecule is COC(=O)/C(C#N)=C1\SCC(=O)N1c1ccccc1Cl. The highest BCUT2D eigenvalue weighted by atomic mass is 35.5. The molecule has 0 radical (unpaired) electrons. The average molecular weight is 309 g/mol. The van der Waals surface area contributed by atoms with Crippen molar-refractivity contribution >= 4 is 40.9 Å². The fourth-order valence-electron chi connectivity index (χ4n) is 1.72. The van der Waals surface area contributed by atoms with E-state index in [1.54, 1.807) is 30.3 Å². The van der Waals surface area contributed by atoms with Crippen molar-refractivity contribution in [2.45, 2.75) is 0 Å². The Morgan fingerprint density at radius 2 is 2.20 bits per heavy atom. The number of esters is 1. The van der Waals surface area contributed by atoms with Crippen LogP contribution in [0.15, 0.2) is 34.9 Å². The Kier molecular flexibility index (Phi) is 4.32. The first-order chi connectivity index (χ1) is 9.60. The molecule has 2 rings (SSSR count). The fraction of sp³-hybridized carbons (Fsp3) is 0.154. The zero-order valence-electron chi connectivity index (χ0n) is 10.4. The highest BCUT2D eigenvalue weighted by Crippen LogP contribution is 2.39. The first-order valence-corrected chi connectivity index (χ1v) is 6.89. The lowest BCUT2D eigenvalue weighted by atomic mass is 10.2. The van der Waals surface area contributed by atoms with Crippen LogP contribution >= 0.6 is 23.4 Å². The number of carbonyl (C=O) groups excluding carboxylic acids is 2. The van der Waals surface area contributed by atoms with E-state index >= 15 is 0 Å². The number of para-hydroxylation sites is 1. The molecule has 1 aliphatic heterocycles. The molecule has 0 spiro atoms. The Hall–Kier alpha value is -1.97. The van der Waals surface area contributed by atoms with E-state index in [0.29, 0.717) is 10.7 Å². The van der Waals surface area contributed by atoms with Crippen LogP contribution in [0.3, 0.4) is 0 Å². The van der Waals surface area contributed by atoms with E-state index in [2.05, 4.69) is 4.74 Å². The molecule has 1 saturated heterocycles. The van der Waals surface area contributed by atoms with Gasteiger partial charge in [0, 0.05) is 0 Å². The molecule has 1 amide bonds. The van der Waals surface area contributed by atoms with Gasteiger partial charge in [0.15, 0.2) is 5.57 Å². The molecule has 0 aromatic heterocycles. The van der Waals surface area contributed by atoms with E-state index in [1.807, 2.05) is 0 Å². The molecule has 1 heterocycles. The van der Waals surface area contributed by atoms with Crippen LogP contribution in [0.1, 0.15) is 0 Å². The summed E-state index contributed by atoms with van der Waals surface area (Å²) in [5.74, 6) is -0.876. The van der Waals surface area contributed by atoms with Crippen LogP contribution < -0.4 is 4.90 Å². The first-order valence-electron chi connectivity index (χ1n) is 5.53. The highest BCUT2D eigenvalue weighted by molar-refractivity contribution is 8.04. The molecular weight excluding hydrogens is 300 g/mol. The molecule has 20 heavy (non-hydrogen) atoms. The van der Waals surface area contributed by atoms with Crippen molar-refractivity contribution in [3.8, 4) is 6.07 Å². The smallest absolute Gasteiger partial charge is 0.351 e. The predicted octanol–water partition coefficient (Wildman–Crippen LogP) is 2.33. The Morgan fingerprint density at radius 1 is 1.50 bits per heavy atom. The maximum Gasteiger partial charge on any atom is 0.351 e. The van der Waals surface area contributed by atoms with Gasteiger partial charge in [-0.1, -0.05) is 35.5 Å². The monoisotopic (exact) mass is 308 g/mol. The number of hydrogen-bond acceptors (Lipinski definition) is 5. The van der Waals surface area contributed by atoms with Crippen LogP contribution in [0.4, 0.5) is 5.69 Å². The molecule has 102 valence electrons. The molecular formula is C13H9ClN2O3S. The molecule has 0 aliphatic carbocycles. The molecule has 1 aliphatic rings. The number of hydrogen-bond donors (Lipinski definition) is 0. The second-order valence-corrected chi connectivity index (χ2v) is 5.12. The summed E-state index contributed by atoms with van der Waals surface area (Å²) >= 11 is 7.18. The average Bonchev–Trinajstić information content (AvgIpc) is 2.82. The number of amides is 1. The molecule has 1 aromatic carbocycles. The third-order valence-electron chi connectivity index (χ3n) is 2.59. The summed E-state index contributed by atoms with van der Waals surface area (Å²) in [6.07, 6.45) is 0. The van der Waals surface area contributed by atoms with Crippen LogP contribution in [0.25, 0.3) is 0 Å². The number of nitriles is 1. The number of rotatable bonds is 2. The summed E-state index contributed by atoms with van der Waals surface area (Å²) in [4.78, 5) is 24.9. The molecule has 0 atom stereocenters. The number of benzene rings is 1. The lowest BCUT2D eigenvalue weighted by molar-refractivity contribution is -0.135. The minimum atomic E-state index is -0.776. The second-order valence-electron chi connectivity index (χ2n) is 3.75. The number of methoxy groups -OCH3 is 1. The lowest BCUT2D eigenvalue weighted by Crippen LogP contribution is -2.26. The van der Waals surface area contributed by atoms with E-state index in [1.165, 1.54) is 12.0 Å². The summed E-state index contributed by atoms with van der Waals surface area (Å²) < 4.78 is 4.56. The van der Waals surface area contributed by atoms with Crippen molar-refractivity contribution in [3.05, 3.63) is 39.9 Å². The topological polar surface area (TPSA) is 70.4 Å². The Labute approximate surface area is 124 Å². The summed E-state index contributed by atoms with van der Waals surface area (Å²) in [6, 6.07) is 8.52. The molecule has 7 heteroatoms. The van der Waals surface area contributed by atoms with Gasteiger partial charge in [0.2, 0.25) is 5.91 Å². The predicted molar refractivity (Wildman–Crippen MR) is 76.1 cm³/mol. The number of thioether (sulfide) groups is 1. The number of carbonyl (C=O) groups is 2. The number of anilines is 1. The molecule has 0 unspecified atom stereocenters. The van der Waals surface area contributed by atoms with E-state index in [0.717, 1.165) is 11.8 Å². The maximum atomic E-state index is 12.0. The van der Waals surface area contributed by atoms with E-state index in [-0.39, 0.29) is 22.3 Å². The summed E-state index contributed by atoms with van der Waals surface area (Å²) in [5.41, 5.74) is 0.235. The molecule has 0 N–H and O–H groups in total. The summed E-state index contributed by atoms with van der Waals surface area (Å²) in [7, 11) is 1.18. The van der Waals surface area contributed by atoms with Gasteiger partial charge in [-0.2, -0.15) is 5.26 Å². The molecule has 0 bridgehead atoms. The van der Waals surface area contributed by atoms with Crippen molar-refractivity contribution in [2.24, 2.45) is 0 Å². The quantitative estimate of drug-likeness (QED) is 0.476. The van der Waals surface area contributed by atoms with Gasteiger partial charge in [-0.05, 0) is 12.1 Å². The fourth-order valence-corrected chi connectivity index (χ4v) is 2.93. The highest BCUT2D eigenvalue weighted by Gasteiger charge is 2.34. The van der Waals surface area contributed by atoms with Gasteiger partial charge in [-0.25, -0.2) is 4.79 Å². The summed E-state index contributed by atoms with van der Waals surface area (Å²) in [5, 5.41) is 9.73. The Balaban J connectivity index is 2.58. The van der Waals surface area contributed by atoms with Gasteiger partial charge in [-0.3, -0.25) is 9.69 Å². The normalized spacial score (nSPS) is 16.9. The van der Waals surface area contributed by atoms with Gasteiger partial charge in [0.1, 0.15) is 11.1 Å². The number of nitrogens with zero attached hydrogens (tertiary/aromatic N) is 2. The standard InChI is InChI=1S/C13H9ClN2O3S/c1-19-13(18)8(6-15)12-16(11(17)7-20-12)10-5-3-2-4-9(10)14/h2-5H,7H2,1H3/b12-8-. The van der Waals surface area contributed by atoms with E-state index in [4.69, 9.17) is 16.9 Å². The van der Waals surface area contributed by atoms with Gasteiger partial charge in [0.05, 0.1) is 23.6 Å². The van der Waals surface area contributed by atoms with Crippen LogP contribution in [0.2, 0.25) is 5.02 Å². The van der Waals surface area contributed by atoms with Crippen LogP contribution in [-0.2, 0) is 14.3 Å². The second kappa shape index (κ2) is 5.99. The molecule has 5 nitrogen and oxygen atoms in total. The van der Waals surface area contributed by atoms with Crippen LogP contribution in [0.5, 0.6) is 0 Å². The van der Waals surface area contributed by atoms with Crippen LogP contribution in [0, 0.1) is 11.3 Å². The van der Waals surface area contributed by atoms with Crippen molar-refractivity contribution in [2.75, 3.05) is 17.8 Å². The third kappa shape index (κ3) is 2.50. The van der Waals surface area contributed by atoms with E-state index in [9.17, 15) is 9.59 Å². The van der Waals surface area contributed by atoms with Crippen molar-refractivity contribution in [1.29, 1.82) is 5.26 Å². The van der Waals surface area contributed by atoms with E-state index < -0.39 is 5.97 Å². The van der Waals surface area contributed by atoms with Crippen LogP contribution in [-0.4, -0.2) is 24.7 Å². The Morgan fingerprint density at radius 3 is 2.80 bits per heavy atom. The van der Waals surface area contributed by atoms with Gasteiger partial charge in [0.25, 0.3) is 0 Å². The molecule has 0 saturated carbocycles. The molecule has 1 fully saturated rings. The summed E-state index contributed by atoms with van der Waals surface area (Å²) in [6.45, 7) is 0. The Bertz CT molecular complexity index is 651. The lowest BCUT2D eigenvalue weighted by Gasteiger charge is -2.19.